The maximum atomic E-state index is 12.5. The SMILES string of the molecule is CCN(C)CC(=O)Nc1cccc(NC=C=c2sc(=C=C(C#N)C(=O)O)n(CC)c2=O)c1. The second-order valence-electron chi connectivity index (χ2n) is 6.60. The van der Waals surface area contributed by atoms with E-state index in [1.54, 1.807) is 37.3 Å². The number of nitrogens with one attached hydrogen (secondary N) is 2. The van der Waals surface area contributed by atoms with Crippen LogP contribution < -0.4 is 25.4 Å². The molecule has 166 valence electrons. The van der Waals surface area contributed by atoms with Crippen molar-refractivity contribution in [1.82, 2.24) is 9.47 Å². The summed E-state index contributed by atoms with van der Waals surface area (Å²) >= 11 is 0.986. The average Bonchev–Trinajstić information content (AvgIpc) is 3.05. The Hall–Kier alpha value is -3.86. The van der Waals surface area contributed by atoms with Gasteiger partial charge in [-0.15, -0.1) is 0 Å². The molecule has 0 fully saturated rings. The van der Waals surface area contributed by atoms with E-state index in [9.17, 15) is 14.4 Å². The lowest BCUT2D eigenvalue weighted by Crippen LogP contribution is -2.30. The van der Waals surface area contributed by atoms with Crippen LogP contribution in [0.15, 0.2) is 40.8 Å². The topological polar surface area (TPSA) is 127 Å². The number of likely N-dealkylation sites (N-methyl/N-ethyl adjacent to an activating group) is 1. The minimum absolute atomic E-state index is 0.123. The number of carboxylic acid groups (broad SMARTS) is 1. The molecule has 0 saturated carbocycles. The molecule has 0 atom stereocenters. The summed E-state index contributed by atoms with van der Waals surface area (Å²) in [7, 11) is 1.86. The Morgan fingerprint density at radius 1 is 1.31 bits per heavy atom. The summed E-state index contributed by atoms with van der Waals surface area (Å²) < 4.78 is 1.79. The lowest BCUT2D eigenvalue weighted by molar-refractivity contribution is -0.132. The van der Waals surface area contributed by atoms with Crippen molar-refractivity contribution in [2.45, 2.75) is 20.4 Å². The minimum atomic E-state index is -1.41. The van der Waals surface area contributed by atoms with Crippen molar-refractivity contribution in [2.24, 2.45) is 0 Å². The van der Waals surface area contributed by atoms with Crippen LogP contribution in [0.2, 0.25) is 0 Å². The first-order valence-electron chi connectivity index (χ1n) is 9.73. The molecule has 9 nitrogen and oxygen atoms in total. The zero-order valence-corrected chi connectivity index (χ0v) is 18.7. The van der Waals surface area contributed by atoms with Crippen LogP contribution in [0.25, 0.3) is 11.5 Å². The van der Waals surface area contributed by atoms with Crippen LogP contribution in [-0.2, 0) is 16.1 Å². The van der Waals surface area contributed by atoms with Gasteiger partial charge < -0.3 is 15.7 Å². The molecule has 32 heavy (non-hydrogen) atoms. The number of carbonyl (C=O) groups excluding carboxylic acids is 1. The van der Waals surface area contributed by atoms with E-state index in [2.05, 4.69) is 22.1 Å². The number of anilines is 2. The second-order valence-corrected chi connectivity index (χ2v) is 7.59. The number of rotatable bonds is 8. The van der Waals surface area contributed by atoms with Crippen LogP contribution in [0.1, 0.15) is 13.8 Å². The fourth-order valence-corrected chi connectivity index (χ4v) is 3.53. The lowest BCUT2D eigenvalue weighted by atomic mass is 10.2. The molecule has 0 aliphatic carbocycles. The number of hydrogen-bond acceptors (Lipinski definition) is 7. The number of nitriles is 1. The molecular formula is C22H23N5O4S. The number of aromatic nitrogens is 1. The molecule has 1 heterocycles. The molecule has 0 bridgehead atoms. The predicted molar refractivity (Wildman–Crippen MR) is 124 cm³/mol. The number of amides is 1. The molecule has 1 amide bonds. The summed E-state index contributed by atoms with van der Waals surface area (Å²) in [5.41, 5.74) is 5.69. The number of thiazole rings is 1. The fourth-order valence-electron chi connectivity index (χ4n) is 2.55. The third-order valence-corrected chi connectivity index (χ3v) is 5.31. The van der Waals surface area contributed by atoms with E-state index in [0.29, 0.717) is 17.9 Å². The summed E-state index contributed by atoms with van der Waals surface area (Å²) in [5.74, 6) is -1.53. The molecule has 0 spiro atoms. The van der Waals surface area contributed by atoms with Gasteiger partial charge in [0.15, 0.2) is 5.57 Å². The molecule has 0 aliphatic heterocycles. The smallest absolute Gasteiger partial charge is 0.354 e. The molecule has 1 aromatic carbocycles. The van der Waals surface area contributed by atoms with E-state index in [0.717, 1.165) is 17.9 Å². The number of nitrogens with zero attached hydrogens (tertiary/aromatic N) is 3. The lowest BCUT2D eigenvalue weighted by Gasteiger charge is -2.13. The summed E-state index contributed by atoms with van der Waals surface area (Å²) in [6, 6.07) is 8.63. The van der Waals surface area contributed by atoms with Crippen molar-refractivity contribution in [1.29, 1.82) is 5.26 Å². The van der Waals surface area contributed by atoms with Gasteiger partial charge in [0, 0.05) is 24.1 Å². The van der Waals surface area contributed by atoms with Gasteiger partial charge in [-0.2, -0.15) is 5.26 Å². The summed E-state index contributed by atoms with van der Waals surface area (Å²) in [4.78, 5) is 37.5. The molecule has 2 aromatic rings. The van der Waals surface area contributed by atoms with E-state index >= 15 is 0 Å². The van der Waals surface area contributed by atoms with Crippen molar-refractivity contribution >= 4 is 46.1 Å². The zero-order valence-electron chi connectivity index (χ0n) is 17.9. The Balaban J connectivity index is 2.33. The zero-order chi connectivity index (χ0) is 23.7. The maximum Gasteiger partial charge on any atom is 0.354 e. The van der Waals surface area contributed by atoms with Crippen LogP contribution in [-0.4, -0.2) is 46.6 Å². The normalized spacial score (nSPS) is 9.97. The first-order valence-corrected chi connectivity index (χ1v) is 10.5. The summed E-state index contributed by atoms with van der Waals surface area (Å²) in [6.45, 7) is 5.04. The van der Waals surface area contributed by atoms with Gasteiger partial charge in [-0.3, -0.25) is 19.1 Å². The molecular weight excluding hydrogens is 430 g/mol. The van der Waals surface area contributed by atoms with Crippen molar-refractivity contribution in [3.8, 4) is 6.07 Å². The highest BCUT2D eigenvalue weighted by Crippen LogP contribution is 2.14. The van der Waals surface area contributed by atoms with Crippen LogP contribution in [0.4, 0.5) is 11.4 Å². The van der Waals surface area contributed by atoms with E-state index < -0.39 is 11.5 Å². The third kappa shape index (κ3) is 6.57. The molecule has 0 radical (unpaired) electrons. The van der Waals surface area contributed by atoms with Gasteiger partial charge in [0.25, 0.3) is 5.56 Å². The maximum absolute atomic E-state index is 12.5. The van der Waals surface area contributed by atoms with Crippen molar-refractivity contribution in [3.63, 3.8) is 0 Å². The van der Waals surface area contributed by atoms with Crippen LogP contribution in [0.5, 0.6) is 0 Å². The largest absolute Gasteiger partial charge is 0.477 e. The monoisotopic (exact) mass is 453 g/mol. The Morgan fingerprint density at radius 3 is 2.66 bits per heavy atom. The van der Waals surface area contributed by atoms with E-state index in [1.807, 2.05) is 18.9 Å². The molecule has 1 aromatic heterocycles. The van der Waals surface area contributed by atoms with Gasteiger partial charge in [0.1, 0.15) is 15.3 Å². The van der Waals surface area contributed by atoms with Crippen molar-refractivity contribution in [2.75, 3.05) is 30.8 Å². The van der Waals surface area contributed by atoms with Gasteiger partial charge in [0.05, 0.1) is 6.54 Å². The highest BCUT2D eigenvalue weighted by atomic mass is 32.1. The number of carbonyl (C=O) groups is 2. The van der Waals surface area contributed by atoms with Gasteiger partial charge in [-0.05, 0) is 38.7 Å². The average molecular weight is 454 g/mol. The molecule has 0 aliphatic rings. The minimum Gasteiger partial charge on any atom is -0.477 e. The first kappa shape index (κ1) is 24.4. The highest BCUT2D eigenvalue weighted by molar-refractivity contribution is 7.07. The Morgan fingerprint density at radius 2 is 2.03 bits per heavy atom. The number of aliphatic carboxylic acids is 1. The first-order chi connectivity index (χ1) is 15.3. The molecule has 0 saturated heterocycles. The molecule has 2 rings (SSSR count). The molecule has 0 unspecified atom stereocenters. The summed E-state index contributed by atoms with van der Waals surface area (Å²) in [6.07, 6.45) is 1.45. The number of benzene rings is 1. The predicted octanol–water partition coefficient (Wildman–Crippen LogP) is 0.739. The third-order valence-electron chi connectivity index (χ3n) is 4.30. The second kappa shape index (κ2) is 11.5. The van der Waals surface area contributed by atoms with Crippen LogP contribution in [0.3, 0.4) is 0 Å². The van der Waals surface area contributed by atoms with Gasteiger partial charge in [-0.25, -0.2) is 4.79 Å². The van der Waals surface area contributed by atoms with E-state index in [4.69, 9.17) is 10.4 Å². The number of hydrogen-bond donors (Lipinski definition) is 3. The van der Waals surface area contributed by atoms with E-state index in [1.165, 1.54) is 10.8 Å². The van der Waals surface area contributed by atoms with Crippen LogP contribution >= 0.6 is 11.3 Å². The fraction of sp³-hybridized carbons (Fsp3) is 0.273. The van der Waals surface area contributed by atoms with Gasteiger partial charge in [-0.1, -0.05) is 35.8 Å². The quantitative estimate of drug-likeness (QED) is 0.397. The Bertz CT molecular complexity index is 1310. The number of carboxylic acids is 1. The van der Waals surface area contributed by atoms with Gasteiger partial charge >= 0.3 is 5.97 Å². The summed E-state index contributed by atoms with van der Waals surface area (Å²) in [5, 5.41) is 23.7. The van der Waals surface area contributed by atoms with Gasteiger partial charge in [0.2, 0.25) is 5.91 Å². The molecule has 10 heteroatoms. The molecule has 3 N–H and O–H groups in total. The highest BCUT2D eigenvalue weighted by Gasteiger charge is 2.07. The van der Waals surface area contributed by atoms with Crippen molar-refractivity contribution in [3.05, 3.63) is 55.6 Å². The Labute approximate surface area is 188 Å². The van der Waals surface area contributed by atoms with Crippen molar-refractivity contribution < 1.29 is 14.7 Å². The van der Waals surface area contributed by atoms with E-state index in [-0.39, 0.29) is 27.2 Å². The standard InChI is InChI=1S/C22H23N5O4S/c1-4-26(3)14-19(28)25-17-8-6-7-16(12-17)24-10-9-18-21(29)27(5-2)20(32-18)11-15(13-23)22(30)31/h6-8,10,12,24H,4-5,14H2,1-3H3,(H,25,28)(H,30,31). The Kier molecular flexibility index (Phi) is 8.78. The van der Waals surface area contributed by atoms with Crippen LogP contribution in [0, 0.1) is 11.3 Å².